The summed E-state index contributed by atoms with van der Waals surface area (Å²) in [5.41, 5.74) is 2.04. The number of benzene rings is 1. The molecule has 116 valence electrons. The lowest BCUT2D eigenvalue weighted by Gasteiger charge is -2.62. The first-order valence-corrected chi connectivity index (χ1v) is 8.50. The normalized spacial score (nSPS) is 21.9. The van der Waals surface area contributed by atoms with Gasteiger partial charge < -0.3 is 10.1 Å². The second-order valence-electron chi connectivity index (χ2n) is 6.78. The van der Waals surface area contributed by atoms with Crippen molar-refractivity contribution in [3.05, 3.63) is 33.8 Å². The zero-order valence-electron chi connectivity index (χ0n) is 12.6. The maximum atomic E-state index is 6.48. The molecule has 0 aromatic heterocycles. The highest BCUT2D eigenvalue weighted by Gasteiger charge is 2.57. The fraction of sp³-hybridized carbons (Fsp3) is 0.647. The van der Waals surface area contributed by atoms with Gasteiger partial charge in [-0.05, 0) is 48.8 Å². The summed E-state index contributed by atoms with van der Waals surface area (Å²) < 4.78 is 5.12. The SMILES string of the molecule is COCCNCC1(c2ccc(Cl)cc2Cl)CC2(CCC2)C1. The molecular weight excluding hydrogens is 305 g/mol. The Hall–Kier alpha value is -0.280. The molecule has 0 saturated heterocycles. The van der Waals surface area contributed by atoms with E-state index in [9.17, 15) is 0 Å². The van der Waals surface area contributed by atoms with Gasteiger partial charge in [0.2, 0.25) is 0 Å². The summed E-state index contributed by atoms with van der Waals surface area (Å²) >= 11 is 12.5. The minimum absolute atomic E-state index is 0.176. The fourth-order valence-electron chi connectivity index (χ4n) is 4.25. The maximum absolute atomic E-state index is 6.48. The average Bonchev–Trinajstić information content (AvgIpc) is 2.36. The lowest BCUT2D eigenvalue weighted by atomic mass is 9.43. The van der Waals surface area contributed by atoms with Crippen molar-refractivity contribution in [3.63, 3.8) is 0 Å². The van der Waals surface area contributed by atoms with Gasteiger partial charge in [-0.3, -0.25) is 0 Å². The maximum Gasteiger partial charge on any atom is 0.0587 e. The van der Waals surface area contributed by atoms with Gasteiger partial charge >= 0.3 is 0 Å². The summed E-state index contributed by atoms with van der Waals surface area (Å²) in [6, 6.07) is 5.96. The third kappa shape index (κ3) is 2.96. The van der Waals surface area contributed by atoms with Crippen LogP contribution >= 0.6 is 23.2 Å². The van der Waals surface area contributed by atoms with E-state index in [0.717, 1.165) is 24.7 Å². The predicted octanol–water partition coefficient (Wildman–Crippen LogP) is 4.43. The number of rotatable bonds is 6. The Balaban J connectivity index is 1.76. The molecule has 2 aliphatic rings. The highest BCUT2D eigenvalue weighted by molar-refractivity contribution is 6.35. The lowest BCUT2D eigenvalue weighted by molar-refractivity contribution is -0.0485. The van der Waals surface area contributed by atoms with Crippen molar-refractivity contribution in [2.45, 2.75) is 37.5 Å². The average molecular weight is 328 g/mol. The number of nitrogens with one attached hydrogen (secondary N) is 1. The topological polar surface area (TPSA) is 21.3 Å². The van der Waals surface area contributed by atoms with Gasteiger partial charge in [-0.15, -0.1) is 0 Å². The standard InChI is InChI=1S/C17H23Cl2NO/c1-21-8-7-20-12-17(10-16(11-17)5-2-6-16)14-4-3-13(18)9-15(14)19/h3-4,9,20H,2,5-8,10-12H2,1H3. The molecule has 0 bridgehead atoms. The van der Waals surface area contributed by atoms with Gasteiger partial charge in [0.15, 0.2) is 0 Å². The number of ether oxygens (including phenoxy) is 1. The monoisotopic (exact) mass is 327 g/mol. The highest BCUT2D eigenvalue weighted by Crippen LogP contribution is 2.65. The van der Waals surface area contributed by atoms with Crippen molar-refractivity contribution in [1.82, 2.24) is 5.32 Å². The van der Waals surface area contributed by atoms with E-state index in [1.165, 1.54) is 37.7 Å². The molecule has 2 aliphatic carbocycles. The van der Waals surface area contributed by atoms with Gasteiger partial charge in [0.25, 0.3) is 0 Å². The molecule has 4 heteroatoms. The van der Waals surface area contributed by atoms with Gasteiger partial charge in [0, 0.05) is 35.7 Å². The van der Waals surface area contributed by atoms with E-state index in [2.05, 4.69) is 11.4 Å². The molecular formula is C17H23Cl2NO. The van der Waals surface area contributed by atoms with E-state index in [0.29, 0.717) is 10.4 Å². The van der Waals surface area contributed by atoms with Crippen LogP contribution in [0.15, 0.2) is 18.2 Å². The molecule has 0 atom stereocenters. The Morgan fingerprint density at radius 2 is 2.00 bits per heavy atom. The van der Waals surface area contributed by atoms with Gasteiger partial charge in [0.1, 0.15) is 0 Å². The van der Waals surface area contributed by atoms with Crippen LogP contribution in [0, 0.1) is 5.41 Å². The van der Waals surface area contributed by atoms with Crippen LogP contribution in [0.1, 0.15) is 37.7 Å². The van der Waals surface area contributed by atoms with Crippen molar-refractivity contribution in [2.24, 2.45) is 5.41 Å². The number of halogens is 2. The Bertz CT molecular complexity index is 506. The molecule has 21 heavy (non-hydrogen) atoms. The Labute approximate surface area is 137 Å². The smallest absolute Gasteiger partial charge is 0.0587 e. The predicted molar refractivity (Wildman–Crippen MR) is 88.4 cm³/mol. The third-order valence-corrected chi connectivity index (χ3v) is 5.84. The summed E-state index contributed by atoms with van der Waals surface area (Å²) in [5, 5.41) is 5.06. The van der Waals surface area contributed by atoms with Gasteiger partial charge in [-0.2, -0.15) is 0 Å². The van der Waals surface area contributed by atoms with Gasteiger partial charge in [-0.25, -0.2) is 0 Å². The summed E-state index contributed by atoms with van der Waals surface area (Å²) in [4.78, 5) is 0. The van der Waals surface area contributed by atoms with E-state index in [-0.39, 0.29) is 5.41 Å². The van der Waals surface area contributed by atoms with Crippen LogP contribution in [0.5, 0.6) is 0 Å². The van der Waals surface area contributed by atoms with Crippen molar-refractivity contribution >= 4 is 23.2 Å². The van der Waals surface area contributed by atoms with Crippen molar-refractivity contribution in [3.8, 4) is 0 Å². The minimum atomic E-state index is 0.176. The van der Waals surface area contributed by atoms with Crippen molar-refractivity contribution < 1.29 is 4.74 Å². The summed E-state index contributed by atoms with van der Waals surface area (Å²) in [6.07, 6.45) is 6.67. The molecule has 0 heterocycles. The van der Waals surface area contributed by atoms with E-state index in [1.807, 2.05) is 12.1 Å². The molecule has 0 radical (unpaired) electrons. The molecule has 1 aromatic carbocycles. The molecule has 3 rings (SSSR count). The van der Waals surface area contributed by atoms with Crippen LogP contribution in [0.4, 0.5) is 0 Å². The Morgan fingerprint density at radius 3 is 2.57 bits per heavy atom. The largest absolute Gasteiger partial charge is 0.383 e. The molecule has 1 spiro atoms. The van der Waals surface area contributed by atoms with Crippen LogP contribution in [-0.4, -0.2) is 26.8 Å². The van der Waals surface area contributed by atoms with Gasteiger partial charge in [-0.1, -0.05) is 35.7 Å². The molecule has 2 fully saturated rings. The summed E-state index contributed by atoms with van der Waals surface area (Å²) in [5.74, 6) is 0. The van der Waals surface area contributed by atoms with E-state index >= 15 is 0 Å². The first kappa shape index (κ1) is 15.6. The molecule has 2 nitrogen and oxygen atoms in total. The Morgan fingerprint density at radius 1 is 1.24 bits per heavy atom. The van der Waals surface area contributed by atoms with Crippen LogP contribution in [0.3, 0.4) is 0 Å². The molecule has 0 aliphatic heterocycles. The van der Waals surface area contributed by atoms with E-state index in [4.69, 9.17) is 27.9 Å². The van der Waals surface area contributed by atoms with Crippen molar-refractivity contribution in [2.75, 3.05) is 26.8 Å². The fourth-order valence-corrected chi connectivity index (χ4v) is 4.86. The second-order valence-corrected chi connectivity index (χ2v) is 7.62. The van der Waals surface area contributed by atoms with Crippen molar-refractivity contribution in [1.29, 1.82) is 0 Å². The zero-order chi connectivity index (χ0) is 14.9. The molecule has 1 N–H and O–H groups in total. The number of hydrogen-bond donors (Lipinski definition) is 1. The lowest BCUT2D eigenvalue weighted by Crippen LogP contribution is -2.57. The summed E-state index contributed by atoms with van der Waals surface area (Å²) in [6.45, 7) is 2.60. The summed E-state index contributed by atoms with van der Waals surface area (Å²) in [7, 11) is 1.74. The molecule has 0 amide bonds. The zero-order valence-corrected chi connectivity index (χ0v) is 14.1. The number of methoxy groups -OCH3 is 1. The number of hydrogen-bond acceptors (Lipinski definition) is 2. The first-order chi connectivity index (χ1) is 10.1. The van der Waals surface area contributed by atoms with Crippen LogP contribution in [0.2, 0.25) is 10.0 Å². The van der Waals surface area contributed by atoms with Crippen LogP contribution in [-0.2, 0) is 10.2 Å². The van der Waals surface area contributed by atoms with Gasteiger partial charge in [0.05, 0.1) is 6.61 Å². The van der Waals surface area contributed by atoms with E-state index in [1.54, 1.807) is 7.11 Å². The minimum Gasteiger partial charge on any atom is -0.383 e. The van der Waals surface area contributed by atoms with Crippen LogP contribution in [0.25, 0.3) is 0 Å². The Kier molecular flexibility index (Phi) is 4.52. The van der Waals surface area contributed by atoms with Crippen LogP contribution < -0.4 is 5.32 Å². The highest BCUT2D eigenvalue weighted by atomic mass is 35.5. The molecule has 2 saturated carbocycles. The van der Waals surface area contributed by atoms with E-state index < -0.39 is 0 Å². The third-order valence-electron chi connectivity index (χ3n) is 5.29. The first-order valence-electron chi connectivity index (χ1n) is 7.74. The molecule has 1 aromatic rings. The second kappa shape index (κ2) is 6.08. The quantitative estimate of drug-likeness (QED) is 0.780. The molecule has 0 unspecified atom stereocenters.